The summed E-state index contributed by atoms with van der Waals surface area (Å²) >= 11 is 0. The summed E-state index contributed by atoms with van der Waals surface area (Å²) in [7, 11) is 0. The van der Waals surface area contributed by atoms with Gasteiger partial charge in [-0.3, -0.25) is 9.69 Å². The van der Waals surface area contributed by atoms with Crippen LogP contribution in [0.15, 0.2) is 60.7 Å². The van der Waals surface area contributed by atoms with Crippen molar-refractivity contribution in [2.24, 2.45) is 0 Å². The van der Waals surface area contributed by atoms with E-state index in [0.29, 0.717) is 24.4 Å². The van der Waals surface area contributed by atoms with Crippen molar-refractivity contribution in [2.75, 3.05) is 18.0 Å². The van der Waals surface area contributed by atoms with Gasteiger partial charge >= 0.3 is 0 Å². The number of para-hydroxylation sites is 1. The Morgan fingerprint density at radius 2 is 1.62 bits per heavy atom. The minimum Gasteiger partial charge on any atom is -0.309 e. The highest BCUT2D eigenvalue weighted by molar-refractivity contribution is 5.93. The first kappa shape index (κ1) is 17.3. The number of nitrogens with zero attached hydrogens (tertiary/aromatic N) is 2. The van der Waals surface area contributed by atoms with Crippen LogP contribution in [0.4, 0.5) is 5.69 Å². The molecule has 0 aromatic heterocycles. The van der Waals surface area contributed by atoms with Gasteiger partial charge in [-0.15, -0.1) is 0 Å². The van der Waals surface area contributed by atoms with Gasteiger partial charge < -0.3 is 4.90 Å². The molecule has 2 atom stereocenters. The van der Waals surface area contributed by atoms with Crippen molar-refractivity contribution in [3.8, 4) is 0 Å². The molecule has 1 aliphatic heterocycles. The lowest BCUT2D eigenvalue weighted by molar-refractivity contribution is -0.119. The molecule has 0 bridgehead atoms. The van der Waals surface area contributed by atoms with E-state index in [2.05, 4.69) is 52.3 Å². The van der Waals surface area contributed by atoms with Crippen molar-refractivity contribution in [1.29, 1.82) is 0 Å². The second-order valence-corrected chi connectivity index (χ2v) is 7.54. The summed E-state index contributed by atoms with van der Waals surface area (Å²) in [5, 5.41) is 0. The Labute approximate surface area is 156 Å². The quantitative estimate of drug-likeness (QED) is 0.797. The van der Waals surface area contributed by atoms with E-state index >= 15 is 0 Å². The Morgan fingerprint density at radius 3 is 2.23 bits per heavy atom. The zero-order chi connectivity index (χ0) is 17.9. The smallest absolute Gasteiger partial charge is 0.226 e. The van der Waals surface area contributed by atoms with Crippen LogP contribution in [-0.4, -0.2) is 36.0 Å². The third-order valence-corrected chi connectivity index (χ3v) is 5.92. The summed E-state index contributed by atoms with van der Waals surface area (Å²) in [5.41, 5.74) is 2.53. The number of rotatable bonds is 5. The average molecular weight is 348 g/mol. The molecule has 0 unspecified atom stereocenters. The molecule has 3 nitrogen and oxygen atoms in total. The van der Waals surface area contributed by atoms with Gasteiger partial charge in [-0.05, 0) is 37.0 Å². The highest BCUT2D eigenvalue weighted by Crippen LogP contribution is 2.45. The molecule has 1 amide bonds. The second-order valence-electron chi connectivity index (χ2n) is 7.54. The van der Waals surface area contributed by atoms with Crippen molar-refractivity contribution < 1.29 is 4.79 Å². The van der Waals surface area contributed by atoms with Crippen LogP contribution in [0.2, 0.25) is 0 Å². The Balaban J connectivity index is 1.39. The predicted octanol–water partition coefficient (Wildman–Crippen LogP) is 4.45. The standard InChI is InChI=1S/C23H28N2O/c1-2-23(26)25(19-11-7-4-8-12-19)20-13-15-24(16-14-20)22-17-21(22)18-9-5-3-6-10-18/h3-12,20-22H,2,13-17H2,1H3/t21-,22+/m0/s1. The molecule has 1 heterocycles. The second kappa shape index (κ2) is 7.63. The van der Waals surface area contributed by atoms with Gasteiger partial charge in [0.2, 0.25) is 5.91 Å². The molecule has 1 aliphatic carbocycles. The Hall–Kier alpha value is -2.13. The maximum absolute atomic E-state index is 12.6. The van der Waals surface area contributed by atoms with E-state index in [0.717, 1.165) is 31.6 Å². The van der Waals surface area contributed by atoms with Crippen LogP contribution in [-0.2, 0) is 4.79 Å². The zero-order valence-corrected chi connectivity index (χ0v) is 15.6. The van der Waals surface area contributed by atoms with Crippen LogP contribution in [0.25, 0.3) is 0 Å². The number of benzene rings is 2. The van der Waals surface area contributed by atoms with E-state index < -0.39 is 0 Å². The van der Waals surface area contributed by atoms with E-state index in [-0.39, 0.29) is 5.91 Å². The van der Waals surface area contributed by atoms with Crippen LogP contribution in [0.5, 0.6) is 0 Å². The molecule has 136 valence electrons. The highest BCUT2D eigenvalue weighted by Gasteiger charge is 2.44. The molecule has 0 radical (unpaired) electrons. The minimum absolute atomic E-state index is 0.239. The summed E-state index contributed by atoms with van der Waals surface area (Å²) in [4.78, 5) is 17.3. The molecule has 2 aromatic carbocycles. The Bertz CT molecular complexity index is 722. The van der Waals surface area contributed by atoms with Gasteiger partial charge in [-0.25, -0.2) is 0 Å². The topological polar surface area (TPSA) is 23.6 Å². The summed E-state index contributed by atoms with van der Waals surface area (Å²) in [6.45, 7) is 4.15. The number of carbonyl (C=O) groups excluding carboxylic acids is 1. The van der Waals surface area contributed by atoms with Gasteiger partial charge in [-0.1, -0.05) is 55.5 Å². The average Bonchev–Trinajstić information content (AvgIpc) is 3.51. The third kappa shape index (κ3) is 3.54. The monoisotopic (exact) mass is 348 g/mol. The van der Waals surface area contributed by atoms with Gasteiger partial charge in [0, 0.05) is 43.2 Å². The Morgan fingerprint density at radius 1 is 1.00 bits per heavy atom. The van der Waals surface area contributed by atoms with Gasteiger partial charge in [0.25, 0.3) is 0 Å². The number of amides is 1. The van der Waals surface area contributed by atoms with Crippen molar-refractivity contribution >= 4 is 11.6 Å². The van der Waals surface area contributed by atoms with Gasteiger partial charge in [-0.2, -0.15) is 0 Å². The lowest BCUT2D eigenvalue weighted by Gasteiger charge is -2.39. The SMILES string of the molecule is CCC(=O)N(c1ccccc1)C1CCN([C@@H]2C[C@H]2c2ccccc2)CC1. The van der Waals surface area contributed by atoms with Crippen LogP contribution in [0.1, 0.15) is 44.1 Å². The van der Waals surface area contributed by atoms with E-state index in [1.807, 2.05) is 25.1 Å². The summed E-state index contributed by atoms with van der Waals surface area (Å²) in [6.07, 6.45) is 3.98. The summed E-state index contributed by atoms with van der Waals surface area (Å²) in [6, 6.07) is 22.1. The van der Waals surface area contributed by atoms with E-state index in [9.17, 15) is 4.79 Å². The number of likely N-dealkylation sites (tertiary alicyclic amines) is 1. The predicted molar refractivity (Wildman–Crippen MR) is 106 cm³/mol. The van der Waals surface area contributed by atoms with E-state index in [1.165, 1.54) is 12.0 Å². The molecule has 0 spiro atoms. The van der Waals surface area contributed by atoms with Gasteiger partial charge in [0.15, 0.2) is 0 Å². The first-order valence-electron chi connectivity index (χ1n) is 9.94. The summed E-state index contributed by atoms with van der Waals surface area (Å²) < 4.78 is 0. The van der Waals surface area contributed by atoms with Crippen molar-refractivity contribution in [3.63, 3.8) is 0 Å². The highest BCUT2D eigenvalue weighted by atomic mass is 16.2. The lowest BCUT2D eigenvalue weighted by Crippen LogP contribution is -2.48. The third-order valence-electron chi connectivity index (χ3n) is 5.92. The molecular weight excluding hydrogens is 320 g/mol. The maximum Gasteiger partial charge on any atom is 0.226 e. The fraction of sp³-hybridized carbons (Fsp3) is 0.435. The Kier molecular flexibility index (Phi) is 5.07. The number of carbonyl (C=O) groups is 1. The van der Waals surface area contributed by atoms with Gasteiger partial charge in [0.1, 0.15) is 0 Å². The molecule has 4 rings (SSSR count). The molecule has 26 heavy (non-hydrogen) atoms. The molecule has 1 saturated heterocycles. The van der Waals surface area contributed by atoms with Crippen LogP contribution in [0, 0.1) is 0 Å². The van der Waals surface area contributed by atoms with E-state index in [1.54, 1.807) is 0 Å². The van der Waals surface area contributed by atoms with E-state index in [4.69, 9.17) is 0 Å². The van der Waals surface area contributed by atoms with Crippen LogP contribution < -0.4 is 4.90 Å². The molecule has 1 saturated carbocycles. The lowest BCUT2D eigenvalue weighted by atomic mass is 10.0. The molecule has 3 heteroatoms. The zero-order valence-electron chi connectivity index (χ0n) is 15.6. The van der Waals surface area contributed by atoms with Crippen molar-refractivity contribution in [2.45, 2.75) is 50.6 Å². The fourth-order valence-corrected chi connectivity index (χ4v) is 4.44. The van der Waals surface area contributed by atoms with Crippen molar-refractivity contribution in [3.05, 3.63) is 66.2 Å². The summed E-state index contributed by atoms with van der Waals surface area (Å²) in [5.74, 6) is 0.943. The largest absolute Gasteiger partial charge is 0.309 e. The fourth-order valence-electron chi connectivity index (χ4n) is 4.44. The maximum atomic E-state index is 12.6. The number of anilines is 1. The minimum atomic E-state index is 0.239. The molecule has 2 aromatic rings. The van der Waals surface area contributed by atoms with Crippen molar-refractivity contribution in [1.82, 2.24) is 4.90 Å². The van der Waals surface area contributed by atoms with Gasteiger partial charge in [0.05, 0.1) is 0 Å². The molecule has 2 aliphatic rings. The van der Waals surface area contributed by atoms with Crippen LogP contribution >= 0.6 is 0 Å². The number of piperidine rings is 1. The first-order valence-corrected chi connectivity index (χ1v) is 9.94. The number of hydrogen-bond donors (Lipinski definition) is 0. The first-order chi connectivity index (χ1) is 12.8. The number of hydrogen-bond acceptors (Lipinski definition) is 2. The van der Waals surface area contributed by atoms with Crippen LogP contribution in [0.3, 0.4) is 0 Å². The molecule has 2 fully saturated rings. The normalized spacial score (nSPS) is 23.6. The molecular formula is C23H28N2O. The molecule has 0 N–H and O–H groups in total.